The number of nitrogens with zero attached hydrogens (tertiary/aromatic N) is 2. The topological polar surface area (TPSA) is 60.9 Å². The van der Waals surface area contributed by atoms with Crippen molar-refractivity contribution in [3.8, 4) is 0 Å². The minimum absolute atomic E-state index is 0.227. The molecular weight excluding hydrogens is 244 g/mol. The number of likely N-dealkylation sites (tertiary alicyclic amines) is 1. The van der Waals surface area contributed by atoms with E-state index in [1.54, 1.807) is 17.9 Å². The molecule has 0 spiro atoms. The Morgan fingerprint density at radius 1 is 1.47 bits per heavy atom. The monoisotopic (exact) mass is 268 g/mol. The van der Waals surface area contributed by atoms with Crippen LogP contribution in [0.4, 0.5) is 4.79 Å². The van der Waals surface area contributed by atoms with E-state index in [-0.39, 0.29) is 11.6 Å². The van der Waals surface area contributed by atoms with Crippen LogP contribution in [0.5, 0.6) is 0 Å². The number of rotatable bonds is 3. The molecule has 0 aliphatic carbocycles. The van der Waals surface area contributed by atoms with Gasteiger partial charge in [0.25, 0.3) is 0 Å². The van der Waals surface area contributed by atoms with Crippen molar-refractivity contribution in [1.29, 1.82) is 0 Å². The van der Waals surface area contributed by atoms with Gasteiger partial charge in [-0.1, -0.05) is 6.08 Å². The Balaban J connectivity index is 3.03. The Bertz CT molecular complexity index is 387. The van der Waals surface area contributed by atoms with Gasteiger partial charge in [-0.25, -0.2) is 9.59 Å². The molecule has 1 saturated heterocycles. The van der Waals surface area contributed by atoms with Crippen molar-refractivity contribution < 1.29 is 14.7 Å². The highest BCUT2D eigenvalue weighted by molar-refractivity contribution is 5.87. The first-order valence-electron chi connectivity index (χ1n) is 6.58. The van der Waals surface area contributed by atoms with Crippen LogP contribution in [-0.2, 0) is 4.79 Å². The maximum Gasteiger partial charge on any atom is 0.329 e. The molecule has 1 unspecified atom stereocenters. The number of amides is 2. The molecule has 5 heteroatoms. The van der Waals surface area contributed by atoms with Crippen molar-refractivity contribution in [2.45, 2.75) is 51.6 Å². The zero-order chi connectivity index (χ0) is 14.8. The van der Waals surface area contributed by atoms with E-state index in [9.17, 15) is 14.7 Å². The van der Waals surface area contributed by atoms with Gasteiger partial charge in [0.1, 0.15) is 5.54 Å². The van der Waals surface area contributed by atoms with Crippen molar-refractivity contribution in [2.24, 2.45) is 0 Å². The highest BCUT2D eigenvalue weighted by atomic mass is 16.4. The Morgan fingerprint density at radius 3 is 2.47 bits per heavy atom. The van der Waals surface area contributed by atoms with Crippen LogP contribution in [0, 0.1) is 0 Å². The lowest BCUT2D eigenvalue weighted by Gasteiger charge is -2.41. The first-order chi connectivity index (χ1) is 8.64. The van der Waals surface area contributed by atoms with Gasteiger partial charge >= 0.3 is 12.0 Å². The molecule has 0 aromatic heterocycles. The number of carboxylic acid groups (broad SMARTS) is 1. The fourth-order valence-electron chi connectivity index (χ4n) is 2.41. The molecule has 0 aromatic carbocycles. The average Bonchev–Trinajstić information content (AvgIpc) is 2.67. The average molecular weight is 268 g/mol. The maximum absolute atomic E-state index is 12.6. The third-order valence-corrected chi connectivity index (χ3v) is 3.69. The van der Waals surface area contributed by atoms with Gasteiger partial charge in [-0.2, -0.15) is 0 Å². The molecule has 1 heterocycles. The summed E-state index contributed by atoms with van der Waals surface area (Å²) in [5.41, 5.74) is -1.46. The molecule has 1 rings (SSSR count). The summed E-state index contributed by atoms with van der Waals surface area (Å²) in [4.78, 5) is 27.2. The third kappa shape index (κ3) is 2.91. The Kier molecular flexibility index (Phi) is 4.28. The van der Waals surface area contributed by atoms with Crippen molar-refractivity contribution in [3.63, 3.8) is 0 Å². The Hall–Kier alpha value is -1.52. The summed E-state index contributed by atoms with van der Waals surface area (Å²) in [5, 5.41) is 9.37. The van der Waals surface area contributed by atoms with E-state index >= 15 is 0 Å². The fourth-order valence-corrected chi connectivity index (χ4v) is 2.41. The molecule has 1 N–H and O–H groups in total. The fraction of sp³-hybridized carbons (Fsp3) is 0.714. The normalized spacial score (nSPS) is 23.3. The van der Waals surface area contributed by atoms with Gasteiger partial charge in [-0.3, -0.25) is 0 Å². The summed E-state index contributed by atoms with van der Waals surface area (Å²) in [6.45, 7) is 12.0. The van der Waals surface area contributed by atoms with Crippen molar-refractivity contribution in [3.05, 3.63) is 12.7 Å². The molecule has 0 radical (unpaired) electrons. The van der Waals surface area contributed by atoms with E-state index < -0.39 is 11.5 Å². The minimum Gasteiger partial charge on any atom is -0.480 e. The summed E-state index contributed by atoms with van der Waals surface area (Å²) in [6, 6.07) is -0.227. The molecule has 0 bridgehead atoms. The quantitative estimate of drug-likeness (QED) is 0.799. The number of urea groups is 1. The van der Waals surface area contributed by atoms with Crippen LogP contribution < -0.4 is 0 Å². The van der Waals surface area contributed by atoms with Crippen LogP contribution in [0.3, 0.4) is 0 Å². The second kappa shape index (κ2) is 5.23. The molecule has 2 amide bonds. The van der Waals surface area contributed by atoms with E-state index in [4.69, 9.17) is 0 Å². The standard InChI is InChI=1S/C14H24N2O3/c1-6-9-15(13(2,3)4)12(19)16-10-7-8-14(16,5)11(17)18/h6H,1,7-10H2,2-5H3,(H,17,18). The van der Waals surface area contributed by atoms with Crippen molar-refractivity contribution in [2.75, 3.05) is 13.1 Å². The molecule has 108 valence electrons. The molecule has 19 heavy (non-hydrogen) atoms. The first kappa shape index (κ1) is 15.5. The predicted molar refractivity (Wildman–Crippen MR) is 74.0 cm³/mol. The maximum atomic E-state index is 12.6. The van der Waals surface area contributed by atoms with Gasteiger partial charge < -0.3 is 14.9 Å². The zero-order valence-electron chi connectivity index (χ0n) is 12.3. The van der Waals surface area contributed by atoms with E-state index in [1.807, 2.05) is 20.8 Å². The van der Waals surface area contributed by atoms with E-state index in [0.29, 0.717) is 19.5 Å². The minimum atomic E-state index is -1.10. The molecule has 5 nitrogen and oxygen atoms in total. The molecular formula is C14H24N2O3. The number of aliphatic carboxylic acids is 1. The van der Waals surface area contributed by atoms with Gasteiger partial charge in [-0.05, 0) is 40.5 Å². The third-order valence-electron chi connectivity index (χ3n) is 3.69. The number of hydrogen-bond donors (Lipinski definition) is 1. The van der Waals surface area contributed by atoms with Crippen molar-refractivity contribution in [1.82, 2.24) is 9.80 Å². The molecule has 1 aliphatic heterocycles. The summed E-state index contributed by atoms with van der Waals surface area (Å²) in [7, 11) is 0. The second-order valence-corrected chi connectivity index (χ2v) is 6.19. The molecule has 1 fully saturated rings. The first-order valence-corrected chi connectivity index (χ1v) is 6.58. The van der Waals surface area contributed by atoms with E-state index in [2.05, 4.69) is 6.58 Å². The number of carbonyl (C=O) groups excluding carboxylic acids is 1. The largest absolute Gasteiger partial charge is 0.480 e. The van der Waals surface area contributed by atoms with E-state index in [0.717, 1.165) is 6.42 Å². The lowest BCUT2D eigenvalue weighted by molar-refractivity contribution is -0.147. The lowest BCUT2D eigenvalue weighted by Crippen LogP contribution is -2.58. The van der Waals surface area contributed by atoms with E-state index in [1.165, 1.54) is 4.90 Å². The van der Waals surface area contributed by atoms with Gasteiger partial charge in [0.05, 0.1) is 0 Å². The van der Waals surface area contributed by atoms with Crippen LogP contribution in [0.2, 0.25) is 0 Å². The summed E-state index contributed by atoms with van der Waals surface area (Å²) in [6.07, 6.45) is 2.89. The Labute approximate surface area is 114 Å². The summed E-state index contributed by atoms with van der Waals surface area (Å²) < 4.78 is 0. The second-order valence-electron chi connectivity index (χ2n) is 6.19. The smallest absolute Gasteiger partial charge is 0.329 e. The molecule has 0 aromatic rings. The Morgan fingerprint density at radius 2 is 2.05 bits per heavy atom. The van der Waals surface area contributed by atoms with Crippen LogP contribution in [-0.4, -0.2) is 51.1 Å². The van der Waals surface area contributed by atoms with Crippen LogP contribution in [0.25, 0.3) is 0 Å². The number of carbonyl (C=O) groups is 2. The van der Waals surface area contributed by atoms with Crippen LogP contribution in [0.15, 0.2) is 12.7 Å². The van der Waals surface area contributed by atoms with Gasteiger partial charge in [0.15, 0.2) is 0 Å². The summed E-state index contributed by atoms with van der Waals surface area (Å²) >= 11 is 0. The van der Waals surface area contributed by atoms with Crippen LogP contribution >= 0.6 is 0 Å². The van der Waals surface area contributed by atoms with Gasteiger partial charge in [-0.15, -0.1) is 6.58 Å². The van der Waals surface area contributed by atoms with Crippen LogP contribution in [0.1, 0.15) is 40.5 Å². The highest BCUT2D eigenvalue weighted by Crippen LogP contribution is 2.31. The van der Waals surface area contributed by atoms with Gasteiger partial charge in [0.2, 0.25) is 0 Å². The molecule has 0 saturated carbocycles. The highest BCUT2D eigenvalue weighted by Gasteiger charge is 2.48. The zero-order valence-corrected chi connectivity index (χ0v) is 12.3. The van der Waals surface area contributed by atoms with Gasteiger partial charge in [0, 0.05) is 18.6 Å². The van der Waals surface area contributed by atoms with Crippen molar-refractivity contribution >= 4 is 12.0 Å². The SMILES string of the molecule is C=CCN(C(=O)N1CCCC1(C)C(=O)O)C(C)(C)C. The predicted octanol–water partition coefficient (Wildman–Crippen LogP) is 2.33. The lowest BCUT2D eigenvalue weighted by atomic mass is 9.99. The summed E-state index contributed by atoms with van der Waals surface area (Å²) in [5.74, 6) is -0.939. The number of carboxylic acids is 1. The number of hydrogen-bond acceptors (Lipinski definition) is 2. The molecule has 1 aliphatic rings. The molecule has 1 atom stereocenters.